The van der Waals surface area contributed by atoms with Crippen LogP contribution in [0.5, 0.6) is 5.75 Å². The van der Waals surface area contributed by atoms with Crippen LogP contribution in [0.2, 0.25) is 5.02 Å². The minimum absolute atomic E-state index is 0.0134. The van der Waals surface area contributed by atoms with Crippen LogP contribution < -0.4 is 15.0 Å². The number of carbonyl (C=O) groups is 3. The van der Waals surface area contributed by atoms with E-state index in [0.29, 0.717) is 22.1 Å². The van der Waals surface area contributed by atoms with Crippen molar-refractivity contribution in [3.05, 3.63) is 53.6 Å². The van der Waals surface area contributed by atoms with Gasteiger partial charge in [-0.3, -0.25) is 14.4 Å². The first-order valence-corrected chi connectivity index (χ1v) is 9.47. The maximum Gasteiger partial charge on any atom is 0.312 e. The average molecular weight is 417 g/mol. The van der Waals surface area contributed by atoms with Crippen molar-refractivity contribution in [1.29, 1.82) is 0 Å². The molecule has 1 N–H and O–H groups in total. The largest absolute Gasteiger partial charge is 0.495 e. The molecular weight excluding hydrogens is 396 g/mol. The number of ether oxygens (including phenoxy) is 2. The third kappa shape index (κ3) is 4.86. The number of benzene rings is 2. The fraction of sp³-hybridized carbons (Fsp3) is 0.286. The van der Waals surface area contributed by atoms with Crippen LogP contribution >= 0.6 is 11.6 Å². The Morgan fingerprint density at radius 2 is 1.97 bits per heavy atom. The molecular formula is C21H21ClN2O5. The lowest BCUT2D eigenvalue weighted by atomic mass is 10.1. The van der Waals surface area contributed by atoms with Gasteiger partial charge in [0.1, 0.15) is 5.75 Å². The van der Waals surface area contributed by atoms with Crippen LogP contribution in [0.1, 0.15) is 13.3 Å². The van der Waals surface area contributed by atoms with Gasteiger partial charge in [0.25, 0.3) is 5.91 Å². The molecule has 29 heavy (non-hydrogen) atoms. The molecule has 8 heteroatoms. The number of methoxy groups -OCH3 is 1. The summed E-state index contributed by atoms with van der Waals surface area (Å²) < 4.78 is 10.6. The second kappa shape index (κ2) is 8.96. The Labute approximate surface area is 173 Å². The van der Waals surface area contributed by atoms with E-state index in [2.05, 4.69) is 5.32 Å². The number of hydrogen-bond acceptors (Lipinski definition) is 5. The zero-order chi connectivity index (χ0) is 21.0. The van der Waals surface area contributed by atoms with Gasteiger partial charge in [-0.15, -0.1) is 0 Å². The predicted molar refractivity (Wildman–Crippen MR) is 109 cm³/mol. The molecule has 2 aromatic carbocycles. The molecule has 152 valence electrons. The number of hydrogen-bond donors (Lipinski definition) is 1. The Balaban J connectivity index is 1.60. The van der Waals surface area contributed by atoms with E-state index in [1.54, 1.807) is 48.5 Å². The van der Waals surface area contributed by atoms with Crippen LogP contribution in [-0.4, -0.2) is 37.5 Å². The molecule has 3 rings (SSSR count). The van der Waals surface area contributed by atoms with E-state index in [9.17, 15) is 14.4 Å². The minimum atomic E-state index is -1.02. The zero-order valence-corrected chi connectivity index (χ0v) is 16.8. The van der Waals surface area contributed by atoms with Crippen molar-refractivity contribution >= 4 is 40.8 Å². The van der Waals surface area contributed by atoms with E-state index < -0.39 is 23.9 Å². The van der Waals surface area contributed by atoms with Gasteiger partial charge in [0.05, 0.1) is 18.7 Å². The number of nitrogens with zero attached hydrogens (tertiary/aromatic N) is 1. The molecule has 0 bridgehead atoms. The Kier molecular flexibility index (Phi) is 6.39. The third-order valence-electron chi connectivity index (χ3n) is 4.59. The Hall–Kier alpha value is -3.06. The first kappa shape index (κ1) is 20.7. The minimum Gasteiger partial charge on any atom is -0.495 e. The molecule has 1 heterocycles. The highest BCUT2D eigenvalue weighted by molar-refractivity contribution is 6.30. The van der Waals surface area contributed by atoms with Crippen LogP contribution in [-0.2, 0) is 19.1 Å². The molecule has 1 fully saturated rings. The van der Waals surface area contributed by atoms with E-state index in [1.165, 1.54) is 18.9 Å². The summed E-state index contributed by atoms with van der Waals surface area (Å²) in [6.07, 6.45) is -1.00. The monoisotopic (exact) mass is 416 g/mol. The predicted octanol–water partition coefficient (Wildman–Crippen LogP) is 3.27. The molecule has 0 radical (unpaired) electrons. The van der Waals surface area contributed by atoms with Crippen LogP contribution in [0.15, 0.2) is 48.5 Å². The lowest BCUT2D eigenvalue weighted by Crippen LogP contribution is -2.33. The van der Waals surface area contributed by atoms with E-state index in [1.807, 2.05) is 0 Å². The first-order valence-electron chi connectivity index (χ1n) is 9.09. The van der Waals surface area contributed by atoms with Crippen LogP contribution in [0.25, 0.3) is 0 Å². The Morgan fingerprint density at radius 3 is 2.69 bits per heavy atom. The topological polar surface area (TPSA) is 84.9 Å². The number of carbonyl (C=O) groups excluding carboxylic acids is 3. The Morgan fingerprint density at radius 1 is 1.21 bits per heavy atom. The number of esters is 1. The van der Waals surface area contributed by atoms with Crippen molar-refractivity contribution in [2.45, 2.75) is 19.4 Å². The third-order valence-corrected chi connectivity index (χ3v) is 4.82. The number of rotatable bonds is 6. The number of para-hydroxylation sites is 2. The highest BCUT2D eigenvalue weighted by atomic mass is 35.5. The van der Waals surface area contributed by atoms with Gasteiger partial charge in [-0.25, -0.2) is 0 Å². The summed E-state index contributed by atoms with van der Waals surface area (Å²) in [5, 5.41) is 3.12. The number of amides is 2. The highest BCUT2D eigenvalue weighted by Crippen LogP contribution is 2.33. The summed E-state index contributed by atoms with van der Waals surface area (Å²) in [5.74, 6) is -1.39. The van der Waals surface area contributed by atoms with Crippen LogP contribution in [0, 0.1) is 5.92 Å². The van der Waals surface area contributed by atoms with E-state index in [-0.39, 0.29) is 18.9 Å². The number of nitrogens with one attached hydrogen (secondary N) is 1. The van der Waals surface area contributed by atoms with Gasteiger partial charge in [-0.2, -0.15) is 0 Å². The lowest BCUT2D eigenvalue weighted by molar-refractivity contribution is -0.157. The molecule has 2 amide bonds. The second-order valence-electron chi connectivity index (χ2n) is 6.66. The summed E-state index contributed by atoms with van der Waals surface area (Å²) >= 11 is 5.90. The zero-order valence-electron chi connectivity index (χ0n) is 16.1. The van der Waals surface area contributed by atoms with Crippen molar-refractivity contribution in [3.8, 4) is 5.75 Å². The van der Waals surface area contributed by atoms with E-state index in [4.69, 9.17) is 21.1 Å². The average Bonchev–Trinajstić information content (AvgIpc) is 3.09. The molecule has 2 aromatic rings. The summed E-state index contributed by atoms with van der Waals surface area (Å²) in [4.78, 5) is 38.7. The van der Waals surface area contributed by atoms with E-state index >= 15 is 0 Å². The quantitative estimate of drug-likeness (QED) is 0.730. The smallest absolute Gasteiger partial charge is 0.312 e. The fourth-order valence-electron chi connectivity index (χ4n) is 3.09. The molecule has 0 spiro atoms. The van der Waals surface area contributed by atoms with Crippen molar-refractivity contribution < 1.29 is 23.9 Å². The van der Waals surface area contributed by atoms with Gasteiger partial charge in [0.2, 0.25) is 5.91 Å². The molecule has 1 saturated heterocycles. The summed E-state index contributed by atoms with van der Waals surface area (Å²) in [6, 6.07) is 13.8. The number of anilines is 2. The molecule has 7 nitrogen and oxygen atoms in total. The van der Waals surface area contributed by atoms with E-state index in [0.717, 1.165) is 0 Å². The van der Waals surface area contributed by atoms with Gasteiger partial charge in [-0.05, 0) is 37.3 Å². The normalized spacial score (nSPS) is 17.0. The highest BCUT2D eigenvalue weighted by Gasteiger charge is 2.38. The first-order chi connectivity index (χ1) is 13.9. The summed E-state index contributed by atoms with van der Waals surface area (Å²) in [7, 11) is 1.52. The number of halogens is 1. The van der Waals surface area contributed by atoms with Crippen molar-refractivity contribution in [3.63, 3.8) is 0 Å². The van der Waals surface area contributed by atoms with Gasteiger partial charge in [0, 0.05) is 23.7 Å². The second-order valence-corrected chi connectivity index (χ2v) is 7.09. The molecule has 1 aliphatic rings. The molecule has 0 aromatic heterocycles. The summed E-state index contributed by atoms with van der Waals surface area (Å²) in [5.41, 5.74) is 1.10. The molecule has 0 aliphatic carbocycles. The molecule has 2 atom stereocenters. The van der Waals surface area contributed by atoms with Gasteiger partial charge < -0.3 is 19.7 Å². The van der Waals surface area contributed by atoms with Crippen LogP contribution in [0.4, 0.5) is 11.4 Å². The molecule has 0 unspecified atom stereocenters. The summed E-state index contributed by atoms with van der Waals surface area (Å²) in [6.45, 7) is 1.65. The fourth-order valence-corrected chi connectivity index (χ4v) is 3.28. The SMILES string of the molecule is COc1ccccc1N1C[C@H](C(=O)O[C@H](C)C(=O)Nc2cccc(Cl)c2)CC1=O. The Bertz CT molecular complexity index is 933. The maximum absolute atomic E-state index is 12.5. The maximum atomic E-state index is 12.5. The lowest BCUT2D eigenvalue weighted by Gasteiger charge is -2.20. The van der Waals surface area contributed by atoms with Gasteiger partial charge >= 0.3 is 5.97 Å². The van der Waals surface area contributed by atoms with Crippen molar-refractivity contribution in [2.75, 3.05) is 23.9 Å². The standard InChI is InChI=1S/C21H21ClN2O5/c1-13(20(26)23-16-7-5-6-15(22)11-16)29-21(27)14-10-19(25)24(12-14)17-8-3-4-9-18(17)28-2/h3-9,11,13-14H,10,12H2,1-2H3,(H,23,26)/t13-,14-/m1/s1. The van der Waals surface area contributed by atoms with Crippen molar-refractivity contribution in [1.82, 2.24) is 0 Å². The van der Waals surface area contributed by atoms with Crippen molar-refractivity contribution in [2.24, 2.45) is 5.92 Å². The van der Waals surface area contributed by atoms with Gasteiger partial charge in [-0.1, -0.05) is 29.8 Å². The van der Waals surface area contributed by atoms with Crippen LogP contribution in [0.3, 0.4) is 0 Å². The molecule has 0 saturated carbocycles. The molecule has 1 aliphatic heterocycles. The van der Waals surface area contributed by atoms with Gasteiger partial charge in [0.15, 0.2) is 6.10 Å².